The van der Waals surface area contributed by atoms with Gasteiger partial charge in [-0.15, -0.1) is 6.58 Å². The van der Waals surface area contributed by atoms with Gasteiger partial charge in [0.1, 0.15) is 18.3 Å². The molecule has 3 heterocycles. The Morgan fingerprint density at radius 2 is 1.50 bits per heavy atom. The fourth-order valence-corrected chi connectivity index (χ4v) is 3.21. The average Bonchev–Trinajstić information content (AvgIpc) is 2.80. The summed E-state index contributed by atoms with van der Waals surface area (Å²) < 4.78 is 29.9. The lowest BCUT2D eigenvalue weighted by Gasteiger charge is -2.37. The van der Waals surface area contributed by atoms with Crippen LogP contribution in [-0.4, -0.2) is 42.3 Å². The summed E-state index contributed by atoms with van der Waals surface area (Å²) >= 11 is 0. The van der Waals surface area contributed by atoms with Crippen molar-refractivity contribution in [2.24, 2.45) is 0 Å². The Morgan fingerprint density at radius 3 is 2.20 bits per heavy atom. The van der Waals surface area contributed by atoms with Crippen molar-refractivity contribution in [1.82, 2.24) is 0 Å². The third-order valence-corrected chi connectivity index (χ3v) is 3.91. The monoisotopic (exact) mass is 284 g/mol. The molecular weight excluding hydrogens is 260 g/mol. The molecule has 3 fully saturated rings. The first kappa shape index (κ1) is 14.5. The van der Waals surface area contributed by atoms with Crippen LogP contribution < -0.4 is 0 Å². The van der Waals surface area contributed by atoms with Crippen LogP contribution in [0, 0.1) is 0 Å². The Labute approximate surface area is 120 Å². The molecule has 0 spiro atoms. The van der Waals surface area contributed by atoms with Crippen molar-refractivity contribution >= 4 is 0 Å². The van der Waals surface area contributed by atoms with E-state index in [9.17, 15) is 0 Å². The summed E-state index contributed by atoms with van der Waals surface area (Å²) in [5.41, 5.74) is 0. The van der Waals surface area contributed by atoms with Crippen LogP contribution in [0.4, 0.5) is 0 Å². The maximum atomic E-state index is 6.06. The van der Waals surface area contributed by atoms with Crippen LogP contribution in [0.15, 0.2) is 12.7 Å². The molecule has 0 amide bonds. The van der Waals surface area contributed by atoms with E-state index in [0.29, 0.717) is 0 Å². The first-order valence-corrected chi connectivity index (χ1v) is 7.29. The van der Waals surface area contributed by atoms with Crippen molar-refractivity contribution in [3.8, 4) is 0 Å². The lowest BCUT2D eigenvalue weighted by molar-refractivity contribution is -0.234. The number of hydrogen-bond donors (Lipinski definition) is 0. The summed E-state index contributed by atoms with van der Waals surface area (Å²) in [7, 11) is 0. The highest BCUT2D eigenvalue weighted by Gasteiger charge is 2.60. The molecule has 3 aliphatic heterocycles. The summed E-state index contributed by atoms with van der Waals surface area (Å²) in [6, 6.07) is 0. The Morgan fingerprint density at radius 1 is 0.900 bits per heavy atom. The van der Waals surface area contributed by atoms with Crippen LogP contribution in [-0.2, 0) is 23.7 Å². The zero-order chi connectivity index (χ0) is 14.5. The van der Waals surface area contributed by atoms with Crippen molar-refractivity contribution in [2.45, 2.75) is 82.8 Å². The predicted octanol–water partition coefficient (Wildman–Crippen LogP) is 2.35. The molecule has 0 aromatic rings. The van der Waals surface area contributed by atoms with E-state index in [4.69, 9.17) is 23.7 Å². The van der Waals surface area contributed by atoms with Crippen LogP contribution in [0.5, 0.6) is 0 Å². The van der Waals surface area contributed by atoms with E-state index in [1.165, 1.54) is 0 Å². The number of hydrogen-bond acceptors (Lipinski definition) is 5. The summed E-state index contributed by atoms with van der Waals surface area (Å²) in [5.74, 6) is -1.26. The second-order valence-electron chi connectivity index (χ2n) is 6.57. The number of ether oxygens (including phenoxy) is 5. The Balaban J connectivity index is 1.82. The highest BCUT2D eigenvalue weighted by atomic mass is 16.9. The van der Waals surface area contributed by atoms with Crippen molar-refractivity contribution in [3.63, 3.8) is 0 Å². The standard InChI is InChI=1S/C15H24O5/c1-6-7-8-9-10-11(18-14(2,3)17-10)12-13(16-9)20-15(4,5)19-12/h6,9-13H,1,7-8H2,2-5H3/t9-,10+,11+,12-,13-/m1/s1. The molecule has 0 radical (unpaired) electrons. The van der Waals surface area contributed by atoms with E-state index < -0.39 is 17.9 Å². The molecular formula is C15H24O5. The maximum Gasteiger partial charge on any atom is 0.190 e. The molecule has 5 heteroatoms. The van der Waals surface area contributed by atoms with Gasteiger partial charge in [-0.3, -0.25) is 0 Å². The molecule has 0 aliphatic carbocycles. The number of allylic oxidation sites excluding steroid dienone is 1. The van der Waals surface area contributed by atoms with Crippen molar-refractivity contribution in [1.29, 1.82) is 0 Å². The molecule has 114 valence electrons. The van der Waals surface area contributed by atoms with Gasteiger partial charge in [0.15, 0.2) is 17.9 Å². The highest BCUT2D eigenvalue weighted by Crippen LogP contribution is 2.44. The second-order valence-corrected chi connectivity index (χ2v) is 6.57. The molecule has 0 aromatic carbocycles. The summed E-state index contributed by atoms with van der Waals surface area (Å²) in [6.45, 7) is 11.4. The van der Waals surface area contributed by atoms with Gasteiger partial charge in [-0.2, -0.15) is 0 Å². The van der Waals surface area contributed by atoms with E-state index in [1.807, 2.05) is 33.8 Å². The van der Waals surface area contributed by atoms with Gasteiger partial charge in [-0.1, -0.05) is 6.08 Å². The topological polar surface area (TPSA) is 46.2 Å². The Bertz CT molecular complexity index is 392. The molecule has 3 rings (SSSR count). The van der Waals surface area contributed by atoms with Gasteiger partial charge < -0.3 is 23.7 Å². The first-order valence-electron chi connectivity index (χ1n) is 7.29. The Kier molecular flexibility index (Phi) is 3.46. The van der Waals surface area contributed by atoms with Crippen LogP contribution in [0.3, 0.4) is 0 Å². The molecule has 0 aromatic heterocycles. The minimum Gasteiger partial charge on any atom is -0.344 e. The second kappa shape index (κ2) is 4.78. The van der Waals surface area contributed by atoms with Crippen LogP contribution in [0.1, 0.15) is 40.5 Å². The summed E-state index contributed by atoms with van der Waals surface area (Å²) in [5, 5.41) is 0. The molecule has 20 heavy (non-hydrogen) atoms. The van der Waals surface area contributed by atoms with Crippen molar-refractivity contribution in [3.05, 3.63) is 12.7 Å². The normalized spacial score (nSPS) is 44.9. The van der Waals surface area contributed by atoms with Crippen molar-refractivity contribution < 1.29 is 23.7 Å². The quantitative estimate of drug-likeness (QED) is 0.744. The lowest BCUT2D eigenvalue weighted by Crippen LogP contribution is -2.54. The molecule has 5 atom stereocenters. The van der Waals surface area contributed by atoms with E-state index >= 15 is 0 Å². The average molecular weight is 284 g/mol. The minimum atomic E-state index is -0.650. The zero-order valence-electron chi connectivity index (χ0n) is 12.6. The lowest BCUT2D eigenvalue weighted by atomic mass is 9.96. The smallest absolute Gasteiger partial charge is 0.190 e. The van der Waals surface area contributed by atoms with Crippen molar-refractivity contribution in [2.75, 3.05) is 0 Å². The van der Waals surface area contributed by atoms with Gasteiger partial charge in [0.25, 0.3) is 0 Å². The van der Waals surface area contributed by atoms with Gasteiger partial charge in [-0.05, 0) is 40.5 Å². The molecule has 0 unspecified atom stereocenters. The third kappa shape index (κ3) is 2.53. The zero-order valence-corrected chi connectivity index (χ0v) is 12.6. The maximum absolute atomic E-state index is 6.06. The molecule has 5 nitrogen and oxygen atoms in total. The van der Waals surface area contributed by atoms with Gasteiger partial charge in [0.2, 0.25) is 0 Å². The van der Waals surface area contributed by atoms with E-state index in [2.05, 4.69) is 6.58 Å². The fraction of sp³-hybridized carbons (Fsp3) is 0.867. The van der Waals surface area contributed by atoms with Crippen LogP contribution in [0.25, 0.3) is 0 Å². The SMILES string of the molecule is C=CCC[C@H]1O[C@@H]2OC(C)(C)O[C@@H]2[C@H]2OC(C)(C)O[C@H]21. The van der Waals surface area contributed by atoms with Gasteiger partial charge in [0, 0.05) is 0 Å². The summed E-state index contributed by atoms with van der Waals surface area (Å²) in [6.07, 6.45) is 2.65. The molecule has 0 saturated carbocycles. The first-order chi connectivity index (χ1) is 9.31. The van der Waals surface area contributed by atoms with E-state index in [-0.39, 0.29) is 24.4 Å². The fourth-order valence-electron chi connectivity index (χ4n) is 3.21. The van der Waals surface area contributed by atoms with E-state index in [0.717, 1.165) is 12.8 Å². The molecule has 0 N–H and O–H groups in total. The molecule has 3 aliphatic rings. The Hall–Kier alpha value is -0.460. The van der Waals surface area contributed by atoms with Gasteiger partial charge in [0.05, 0.1) is 6.10 Å². The highest BCUT2D eigenvalue weighted by molar-refractivity contribution is 5.00. The number of rotatable bonds is 3. The largest absolute Gasteiger partial charge is 0.344 e. The van der Waals surface area contributed by atoms with E-state index in [1.54, 1.807) is 0 Å². The van der Waals surface area contributed by atoms with Gasteiger partial charge in [-0.25, -0.2) is 0 Å². The molecule has 0 bridgehead atoms. The summed E-state index contributed by atoms with van der Waals surface area (Å²) in [4.78, 5) is 0. The molecule has 3 saturated heterocycles. The van der Waals surface area contributed by atoms with Crippen LogP contribution >= 0.6 is 0 Å². The minimum absolute atomic E-state index is 0.0569. The third-order valence-electron chi connectivity index (χ3n) is 3.91. The van der Waals surface area contributed by atoms with Crippen LogP contribution in [0.2, 0.25) is 0 Å². The van der Waals surface area contributed by atoms with Gasteiger partial charge >= 0.3 is 0 Å². The number of fused-ring (bicyclic) bond motifs is 3. The predicted molar refractivity (Wildman–Crippen MR) is 72.0 cm³/mol.